The molecule has 3 aromatic carbocycles. The molecule has 2 saturated heterocycles. The van der Waals surface area contributed by atoms with Gasteiger partial charge in [-0.2, -0.15) is 0 Å². The van der Waals surface area contributed by atoms with E-state index in [9.17, 15) is 9.59 Å². The summed E-state index contributed by atoms with van der Waals surface area (Å²) < 4.78 is 16.2. The van der Waals surface area contributed by atoms with Crippen molar-refractivity contribution >= 4 is 33.9 Å². The molecule has 2 N–H and O–H groups in total. The number of piperidine rings is 1. The second kappa shape index (κ2) is 12.2. The molecule has 1 unspecified atom stereocenters. The van der Waals surface area contributed by atoms with Crippen molar-refractivity contribution in [3.63, 3.8) is 0 Å². The van der Waals surface area contributed by atoms with Crippen LogP contribution in [0.3, 0.4) is 0 Å². The zero-order valence-electron chi connectivity index (χ0n) is 28.8. The van der Waals surface area contributed by atoms with E-state index in [2.05, 4.69) is 33.4 Å². The van der Waals surface area contributed by atoms with E-state index in [4.69, 9.17) is 20.2 Å². The van der Waals surface area contributed by atoms with Crippen molar-refractivity contribution in [1.82, 2.24) is 23.9 Å². The van der Waals surface area contributed by atoms with E-state index in [1.165, 1.54) is 29.3 Å². The number of likely N-dealkylation sites (tertiary alicyclic amines) is 2. The Morgan fingerprint density at radius 3 is 2.52 bits per heavy atom. The number of fused-ring (bicyclic) bond motifs is 4. The van der Waals surface area contributed by atoms with Crippen LogP contribution < -0.4 is 10.5 Å². The van der Waals surface area contributed by atoms with Gasteiger partial charge in [-0.15, -0.1) is 0 Å². The molecule has 0 radical (unpaired) electrons. The van der Waals surface area contributed by atoms with Gasteiger partial charge in [-0.3, -0.25) is 4.79 Å². The molecule has 2 amide bonds. The summed E-state index contributed by atoms with van der Waals surface area (Å²) in [6.07, 6.45) is 5.12. The number of methoxy groups -OCH3 is 1. The van der Waals surface area contributed by atoms with Crippen molar-refractivity contribution in [2.45, 2.75) is 63.3 Å². The maximum absolute atomic E-state index is 13.8. The lowest BCUT2D eigenvalue weighted by Gasteiger charge is -2.27. The summed E-state index contributed by atoms with van der Waals surface area (Å²) in [5.74, 6) is 2.69. The van der Waals surface area contributed by atoms with Gasteiger partial charge in [-0.25, -0.2) is 9.78 Å². The maximum Gasteiger partial charge on any atom is 0.410 e. The van der Waals surface area contributed by atoms with Gasteiger partial charge in [0.1, 0.15) is 17.9 Å². The summed E-state index contributed by atoms with van der Waals surface area (Å²) in [5, 5.41) is 1.17. The molecule has 10 heteroatoms. The molecule has 2 saturated carbocycles. The topological polar surface area (TPSA) is 108 Å². The van der Waals surface area contributed by atoms with Gasteiger partial charge in [0.15, 0.2) is 5.82 Å². The Morgan fingerprint density at radius 1 is 0.940 bits per heavy atom. The second-order valence-corrected chi connectivity index (χ2v) is 14.8. The van der Waals surface area contributed by atoms with Crippen LogP contribution in [0.25, 0.3) is 33.5 Å². The number of nitrogens with zero attached hydrogens (tertiary/aromatic N) is 5. The fraction of sp³-hybridized carbons (Fsp3) is 0.425. The standard InChI is InChI=1S/C40H44N6O4/c1-43-37-31(17-29(19-34(37)49-2)39(47)46-22-28-13-14-32(46)35(28)41)42-38(43)33-18-26-9-6-10-30(36(26)45(33)20-24-11-12-24)27-15-16-44(21-27)40(48)50-23-25-7-4-3-5-8-25/h3-10,17-19,24,27-28,32,35H,11-16,20-23,41H2,1-2H3/t27?,28-,32-,35-/m1/s1. The SMILES string of the molecule is COc1cc(C(=O)N2C[C@H]3CC[C@@H]2[C@@H]3N)cc2nc(-c3cc4cccc(C5CCN(C(=O)OCc6ccccc6)C5)c4n3CC3CC3)n(C)c12. The van der Waals surface area contributed by atoms with E-state index in [-0.39, 0.29) is 36.6 Å². The molecule has 5 aromatic rings. The first kappa shape index (κ1) is 31.2. The number of hydrogen-bond donors (Lipinski definition) is 1. The number of aromatic nitrogens is 3. The first-order chi connectivity index (χ1) is 24.4. The van der Waals surface area contributed by atoms with Gasteiger partial charge >= 0.3 is 6.09 Å². The predicted octanol–water partition coefficient (Wildman–Crippen LogP) is 6.30. The maximum atomic E-state index is 13.8. The van der Waals surface area contributed by atoms with Crippen molar-refractivity contribution in [2.24, 2.45) is 24.6 Å². The molecule has 2 aliphatic carbocycles. The predicted molar refractivity (Wildman–Crippen MR) is 192 cm³/mol. The number of aryl methyl sites for hydroxylation is 1. The highest BCUT2D eigenvalue weighted by Gasteiger charge is 2.47. The van der Waals surface area contributed by atoms with Crippen molar-refractivity contribution < 1.29 is 19.1 Å². The monoisotopic (exact) mass is 672 g/mol. The summed E-state index contributed by atoms with van der Waals surface area (Å²) in [6.45, 7) is 3.20. The molecule has 2 bridgehead atoms. The minimum Gasteiger partial charge on any atom is -0.494 e. The van der Waals surface area contributed by atoms with E-state index >= 15 is 0 Å². The molecule has 10 nitrogen and oxygen atoms in total. The number of para-hydroxylation sites is 1. The van der Waals surface area contributed by atoms with Crippen LogP contribution in [0.4, 0.5) is 4.79 Å². The Labute approximate surface area is 291 Å². The quantitative estimate of drug-likeness (QED) is 0.207. The Morgan fingerprint density at radius 2 is 1.78 bits per heavy atom. The van der Waals surface area contributed by atoms with E-state index < -0.39 is 0 Å². The summed E-state index contributed by atoms with van der Waals surface area (Å²) >= 11 is 0. The molecule has 2 aliphatic heterocycles. The fourth-order valence-corrected chi connectivity index (χ4v) is 8.87. The highest BCUT2D eigenvalue weighted by atomic mass is 16.6. The lowest BCUT2D eigenvalue weighted by molar-refractivity contribution is 0.0700. The highest BCUT2D eigenvalue weighted by molar-refractivity contribution is 6.00. The summed E-state index contributed by atoms with van der Waals surface area (Å²) in [7, 11) is 3.69. The molecule has 2 aromatic heterocycles. The van der Waals surface area contributed by atoms with E-state index in [0.29, 0.717) is 36.2 Å². The summed E-state index contributed by atoms with van der Waals surface area (Å²) in [4.78, 5) is 35.9. The fourth-order valence-electron chi connectivity index (χ4n) is 8.87. The number of carbonyl (C=O) groups excluding carboxylic acids is 2. The van der Waals surface area contributed by atoms with Gasteiger partial charge in [0.2, 0.25) is 0 Å². The molecule has 4 fully saturated rings. The third-order valence-electron chi connectivity index (χ3n) is 11.7. The largest absolute Gasteiger partial charge is 0.494 e. The molecule has 9 rings (SSSR count). The van der Waals surface area contributed by atoms with Gasteiger partial charge in [0.05, 0.1) is 23.8 Å². The van der Waals surface area contributed by atoms with Crippen molar-refractivity contribution in [2.75, 3.05) is 26.7 Å². The smallest absolute Gasteiger partial charge is 0.410 e. The molecule has 4 heterocycles. The van der Waals surface area contributed by atoms with Crippen LogP contribution in [0.15, 0.2) is 66.7 Å². The van der Waals surface area contributed by atoms with Gasteiger partial charge in [-0.05, 0) is 73.3 Å². The Hall–Kier alpha value is -4.83. The van der Waals surface area contributed by atoms with E-state index in [1.807, 2.05) is 59.3 Å². The van der Waals surface area contributed by atoms with Gasteiger partial charge in [0.25, 0.3) is 5.91 Å². The van der Waals surface area contributed by atoms with Gasteiger partial charge < -0.3 is 34.1 Å². The van der Waals surface area contributed by atoms with E-state index in [1.54, 1.807) is 7.11 Å². The average Bonchev–Trinajstić information content (AvgIpc) is 3.46. The molecule has 0 spiro atoms. The number of nitrogens with two attached hydrogens (primary N) is 1. The first-order valence-corrected chi connectivity index (χ1v) is 18.1. The number of rotatable bonds is 8. The van der Waals surface area contributed by atoms with Gasteiger partial charge in [0, 0.05) is 62.2 Å². The van der Waals surface area contributed by atoms with Crippen LogP contribution >= 0.6 is 0 Å². The second-order valence-electron chi connectivity index (χ2n) is 14.8. The molecular weight excluding hydrogens is 628 g/mol. The van der Waals surface area contributed by atoms with Crippen LogP contribution in [0, 0.1) is 11.8 Å². The van der Waals surface area contributed by atoms with Crippen LogP contribution in [-0.4, -0.2) is 74.7 Å². The van der Waals surface area contributed by atoms with Crippen LogP contribution in [0.5, 0.6) is 5.75 Å². The van der Waals surface area contributed by atoms with E-state index in [0.717, 1.165) is 60.5 Å². The Balaban J connectivity index is 1.05. The normalized spacial score (nSPS) is 23.0. The number of amides is 2. The first-order valence-electron chi connectivity index (χ1n) is 18.1. The lowest BCUT2D eigenvalue weighted by atomic mass is 9.96. The average molecular weight is 673 g/mol. The van der Waals surface area contributed by atoms with Crippen molar-refractivity contribution in [1.29, 1.82) is 0 Å². The number of hydrogen-bond acceptors (Lipinski definition) is 6. The number of benzene rings is 3. The third-order valence-corrected chi connectivity index (χ3v) is 11.7. The Kier molecular flexibility index (Phi) is 7.60. The van der Waals surface area contributed by atoms with Crippen molar-refractivity contribution in [3.05, 3.63) is 83.4 Å². The molecule has 4 aliphatic rings. The zero-order valence-corrected chi connectivity index (χ0v) is 28.8. The highest BCUT2D eigenvalue weighted by Crippen LogP contribution is 2.42. The minimum absolute atomic E-state index is 0.00194. The molecule has 4 atom stereocenters. The summed E-state index contributed by atoms with van der Waals surface area (Å²) in [6, 6.07) is 22.6. The number of carbonyl (C=O) groups is 2. The van der Waals surface area contributed by atoms with Gasteiger partial charge in [-0.1, -0.05) is 48.5 Å². The molecular formula is C40H44N6O4. The summed E-state index contributed by atoms with van der Waals surface area (Å²) in [5.41, 5.74) is 13.2. The van der Waals surface area contributed by atoms with Crippen LogP contribution in [-0.2, 0) is 24.9 Å². The van der Waals surface area contributed by atoms with Crippen LogP contribution in [0.1, 0.15) is 59.5 Å². The number of imidazole rings is 1. The zero-order chi connectivity index (χ0) is 34.1. The van der Waals surface area contributed by atoms with Crippen molar-refractivity contribution in [3.8, 4) is 17.3 Å². The van der Waals surface area contributed by atoms with Crippen LogP contribution in [0.2, 0.25) is 0 Å². The molecule has 258 valence electrons. The lowest BCUT2D eigenvalue weighted by Crippen LogP contribution is -2.41. The minimum atomic E-state index is -0.260. The third kappa shape index (κ3) is 5.23. The number of ether oxygens (including phenoxy) is 2. The molecule has 50 heavy (non-hydrogen) atoms. The Bertz CT molecular complexity index is 2120.